The minimum Gasteiger partial charge on any atom is -0.491 e. The number of sulfonamides is 1. The molecule has 0 atom stereocenters. The first kappa shape index (κ1) is 20.7. The van der Waals surface area contributed by atoms with E-state index in [0.717, 1.165) is 18.7 Å². The van der Waals surface area contributed by atoms with Gasteiger partial charge in [0.2, 0.25) is 10.0 Å². The maximum atomic E-state index is 12.4. The Morgan fingerprint density at radius 3 is 2.50 bits per heavy atom. The lowest BCUT2D eigenvalue weighted by Gasteiger charge is -2.09. The summed E-state index contributed by atoms with van der Waals surface area (Å²) in [5, 5.41) is 3.28. The Morgan fingerprint density at radius 2 is 1.77 bits per heavy atom. The molecule has 0 aliphatic carbocycles. The van der Waals surface area contributed by atoms with Crippen LogP contribution in [0.3, 0.4) is 0 Å². The van der Waals surface area contributed by atoms with Crippen LogP contribution in [-0.4, -0.2) is 28.7 Å². The Labute approximate surface area is 160 Å². The van der Waals surface area contributed by atoms with Gasteiger partial charge in [0.05, 0.1) is 11.5 Å². The molecule has 3 rings (SSSR count). The molecule has 6 nitrogen and oxygen atoms in total. The van der Waals surface area contributed by atoms with Crippen LogP contribution >= 0.6 is 12.4 Å². The highest BCUT2D eigenvalue weighted by Crippen LogP contribution is 2.19. The van der Waals surface area contributed by atoms with Crippen LogP contribution in [-0.2, 0) is 34.4 Å². The van der Waals surface area contributed by atoms with Crippen LogP contribution < -0.4 is 14.8 Å². The zero-order valence-electron chi connectivity index (χ0n) is 14.5. The van der Waals surface area contributed by atoms with Gasteiger partial charge in [0.25, 0.3) is 0 Å². The highest BCUT2D eigenvalue weighted by molar-refractivity contribution is 7.89. The van der Waals surface area contributed by atoms with Gasteiger partial charge in [-0.05, 0) is 41.0 Å². The van der Waals surface area contributed by atoms with Crippen molar-refractivity contribution in [3.05, 3.63) is 59.2 Å². The molecule has 1 aliphatic rings. The molecule has 2 aromatic carbocycles. The van der Waals surface area contributed by atoms with Crippen molar-refractivity contribution in [1.29, 1.82) is 0 Å². The third-order valence-electron chi connectivity index (χ3n) is 4.06. The lowest BCUT2D eigenvalue weighted by Crippen LogP contribution is -2.23. The maximum Gasteiger partial charge on any atom is 0.240 e. The fourth-order valence-electron chi connectivity index (χ4n) is 2.68. The second-order valence-corrected chi connectivity index (χ2v) is 7.61. The van der Waals surface area contributed by atoms with Crippen LogP contribution in [0.25, 0.3) is 0 Å². The molecule has 0 fully saturated rings. The summed E-state index contributed by atoms with van der Waals surface area (Å²) in [5.74, 6) is 0.613. The molecule has 1 heterocycles. The number of fused-ring (bicyclic) bond motifs is 1. The summed E-state index contributed by atoms with van der Waals surface area (Å²) >= 11 is 0. The van der Waals surface area contributed by atoms with Gasteiger partial charge in [0.15, 0.2) is 0 Å². The fraction of sp³-hybridized carbons (Fsp3) is 0.333. The van der Waals surface area contributed by atoms with Gasteiger partial charge in [-0.25, -0.2) is 13.1 Å². The second-order valence-electron chi connectivity index (χ2n) is 5.84. The van der Waals surface area contributed by atoms with Crippen LogP contribution in [0.1, 0.15) is 16.7 Å². The molecule has 26 heavy (non-hydrogen) atoms. The monoisotopic (exact) mass is 398 g/mol. The number of ether oxygens (including phenoxy) is 2. The van der Waals surface area contributed by atoms with Gasteiger partial charge in [0, 0.05) is 26.7 Å². The van der Waals surface area contributed by atoms with Crippen molar-refractivity contribution in [3.63, 3.8) is 0 Å². The smallest absolute Gasteiger partial charge is 0.240 e. The number of hydrogen-bond donors (Lipinski definition) is 2. The first-order valence-electron chi connectivity index (χ1n) is 8.11. The van der Waals surface area contributed by atoms with Crippen LogP contribution in [0.2, 0.25) is 0 Å². The zero-order chi connectivity index (χ0) is 17.7. The normalized spacial score (nSPS) is 13.1. The van der Waals surface area contributed by atoms with E-state index in [1.54, 1.807) is 19.2 Å². The molecule has 2 aromatic rings. The minimum atomic E-state index is -3.56. The summed E-state index contributed by atoms with van der Waals surface area (Å²) in [6.45, 7) is 2.88. The van der Waals surface area contributed by atoms with Crippen LogP contribution in [0.5, 0.6) is 5.75 Å². The third-order valence-corrected chi connectivity index (χ3v) is 5.48. The molecule has 0 amide bonds. The van der Waals surface area contributed by atoms with Gasteiger partial charge in [-0.2, -0.15) is 0 Å². The maximum absolute atomic E-state index is 12.4. The van der Waals surface area contributed by atoms with Crippen LogP contribution in [0.15, 0.2) is 47.4 Å². The Kier molecular flexibility index (Phi) is 7.43. The van der Waals surface area contributed by atoms with Crippen molar-refractivity contribution in [2.75, 3.05) is 20.3 Å². The van der Waals surface area contributed by atoms with Gasteiger partial charge in [-0.3, -0.25) is 0 Å². The quantitative estimate of drug-likeness (QED) is 0.667. The zero-order valence-corrected chi connectivity index (χ0v) is 16.2. The fourth-order valence-corrected chi connectivity index (χ4v) is 3.70. The predicted octanol–water partition coefficient (Wildman–Crippen LogP) is 2.22. The number of methoxy groups -OCH3 is 1. The number of benzene rings is 2. The minimum absolute atomic E-state index is 0. The topological polar surface area (TPSA) is 76.7 Å². The van der Waals surface area contributed by atoms with E-state index >= 15 is 0 Å². The lowest BCUT2D eigenvalue weighted by molar-refractivity contribution is 0.146. The first-order chi connectivity index (χ1) is 12.1. The lowest BCUT2D eigenvalue weighted by atomic mass is 10.1. The Bertz CT molecular complexity index is 826. The Morgan fingerprint density at radius 1 is 1.04 bits per heavy atom. The number of hydrogen-bond acceptors (Lipinski definition) is 5. The van der Waals surface area contributed by atoms with Crippen LogP contribution in [0, 0.1) is 0 Å². The molecule has 0 unspecified atom stereocenters. The first-order valence-corrected chi connectivity index (χ1v) is 9.60. The van der Waals surface area contributed by atoms with Crippen molar-refractivity contribution in [1.82, 2.24) is 10.0 Å². The van der Waals surface area contributed by atoms with E-state index in [1.165, 1.54) is 23.3 Å². The van der Waals surface area contributed by atoms with Crippen molar-refractivity contribution in [2.45, 2.75) is 24.5 Å². The van der Waals surface area contributed by atoms with E-state index in [0.29, 0.717) is 19.0 Å². The number of halogens is 1. The van der Waals surface area contributed by atoms with Gasteiger partial charge in [0.1, 0.15) is 12.4 Å². The van der Waals surface area contributed by atoms with E-state index < -0.39 is 10.0 Å². The molecule has 0 radical (unpaired) electrons. The average molecular weight is 399 g/mol. The number of nitrogens with one attached hydrogen (secondary N) is 2. The van der Waals surface area contributed by atoms with Crippen molar-refractivity contribution < 1.29 is 17.9 Å². The standard InChI is InChI=1S/C18H22N2O4S.ClH/c1-23-8-9-24-17-4-6-18(7-5-17)25(21,22)20-11-14-2-3-15-12-19-13-16(15)10-14;/h2-7,10,19-20H,8-9,11-13H2,1H3;1H. The third kappa shape index (κ3) is 5.18. The summed E-state index contributed by atoms with van der Waals surface area (Å²) in [6, 6.07) is 12.4. The van der Waals surface area contributed by atoms with Crippen molar-refractivity contribution in [2.24, 2.45) is 0 Å². The van der Waals surface area contributed by atoms with E-state index in [-0.39, 0.29) is 23.8 Å². The van der Waals surface area contributed by atoms with Crippen molar-refractivity contribution >= 4 is 22.4 Å². The van der Waals surface area contributed by atoms with E-state index in [9.17, 15) is 8.42 Å². The molecule has 0 saturated carbocycles. The largest absolute Gasteiger partial charge is 0.491 e. The molecular formula is C18H23ClN2O4S. The van der Waals surface area contributed by atoms with Gasteiger partial charge >= 0.3 is 0 Å². The summed E-state index contributed by atoms with van der Waals surface area (Å²) in [6.07, 6.45) is 0. The van der Waals surface area contributed by atoms with Crippen molar-refractivity contribution in [3.8, 4) is 5.75 Å². The summed E-state index contributed by atoms with van der Waals surface area (Å²) in [5.41, 5.74) is 3.45. The van der Waals surface area contributed by atoms with Gasteiger partial charge in [-0.1, -0.05) is 18.2 Å². The molecule has 1 aliphatic heterocycles. The van der Waals surface area contributed by atoms with E-state index in [2.05, 4.69) is 10.0 Å². The van der Waals surface area contributed by atoms with Crippen LogP contribution in [0.4, 0.5) is 0 Å². The molecule has 0 bridgehead atoms. The van der Waals surface area contributed by atoms with Gasteiger partial charge < -0.3 is 14.8 Å². The van der Waals surface area contributed by atoms with E-state index in [4.69, 9.17) is 9.47 Å². The van der Waals surface area contributed by atoms with Gasteiger partial charge in [-0.15, -0.1) is 12.4 Å². The molecule has 0 spiro atoms. The molecule has 8 heteroatoms. The molecule has 0 aromatic heterocycles. The molecular weight excluding hydrogens is 376 g/mol. The summed E-state index contributed by atoms with van der Waals surface area (Å²) in [7, 11) is -1.96. The molecule has 0 saturated heterocycles. The molecule has 2 N–H and O–H groups in total. The average Bonchev–Trinajstić information content (AvgIpc) is 3.08. The SMILES string of the molecule is COCCOc1ccc(S(=O)(=O)NCc2ccc3c(c2)CNC3)cc1.Cl. The van der Waals surface area contributed by atoms with E-state index in [1.807, 2.05) is 18.2 Å². The molecule has 142 valence electrons. The second kappa shape index (κ2) is 9.34. The Hall–Kier alpha value is -1.64. The number of rotatable bonds is 8. The highest BCUT2D eigenvalue weighted by atomic mass is 35.5. The summed E-state index contributed by atoms with van der Waals surface area (Å²) in [4.78, 5) is 0.217. The summed E-state index contributed by atoms with van der Waals surface area (Å²) < 4.78 is 37.8. The predicted molar refractivity (Wildman–Crippen MR) is 102 cm³/mol. The Balaban J connectivity index is 0.00000243. The highest BCUT2D eigenvalue weighted by Gasteiger charge is 2.15.